The van der Waals surface area contributed by atoms with Crippen molar-refractivity contribution in [2.45, 2.75) is 0 Å². The number of benzene rings is 2. The standard InChI is InChI=1S/C18H9Cl4N3O/c19-10-3-6-14-15(7-10)24-17(23-14)9-1-4-11(5-2-9)26-18-13(21)8-12(20)16(22)25-18/h1-8H,(H,23,24). The molecule has 0 bridgehead atoms. The van der Waals surface area contributed by atoms with E-state index in [0.717, 1.165) is 22.4 Å². The summed E-state index contributed by atoms with van der Waals surface area (Å²) in [6.07, 6.45) is 0. The summed E-state index contributed by atoms with van der Waals surface area (Å²) in [4.78, 5) is 11.8. The van der Waals surface area contributed by atoms with Gasteiger partial charge in [-0.3, -0.25) is 0 Å². The van der Waals surface area contributed by atoms with E-state index in [2.05, 4.69) is 15.0 Å². The van der Waals surface area contributed by atoms with Gasteiger partial charge in [0.05, 0.1) is 16.1 Å². The van der Waals surface area contributed by atoms with Crippen LogP contribution < -0.4 is 4.74 Å². The van der Waals surface area contributed by atoms with E-state index < -0.39 is 0 Å². The number of H-pyrrole nitrogens is 1. The SMILES string of the molecule is Clc1ccc2nc(-c3ccc(Oc4nc(Cl)c(Cl)cc4Cl)cc3)[nH]c2c1. The smallest absolute Gasteiger partial charge is 0.239 e. The molecule has 0 fully saturated rings. The van der Waals surface area contributed by atoms with E-state index in [1.807, 2.05) is 24.3 Å². The largest absolute Gasteiger partial charge is 0.437 e. The van der Waals surface area contributed by atoms with Crippen molar-refractivity contribution in [3.8, 4) is 23.0 Å². The highest BCUT2D eigenvalue weighted by Gasteiger charge is 2.11. The predicted octanol–water partition coefficient (Wildman–Crippen LogP) is 7.03. The Hall–Kier alpha value is -1.98. The number of aromatic amines is 1. The van der Waals surface area contributed by atoms with E-state index in [9.17, 15) is 0 Å². The maximum Gasteiger partial charge on any atom is 0.239 e. The van der Waals surface area contributed by atoms with Gasteiger partial charge in [-0.15, -0.1) is 0 Å². The zero-order valence-corrected chi connectivity index (χ0v) is 16.0. The molecule has 0 spiro atoms. The van der Waals surface area contributed by atoms with Crippen LogP contribution in [0.25, 0.3) is 22.4 Å². The Morgan fingerprint density at radius 1 is 0.808 bits per heavy atom. The zero-order valence-electron chi connectivity index (χ0n) is 12.9. The predicted molar refractivity (Wildman–Crippen MR) is 106 cm³/mol. The minimum absolute atomic E-state index is 0.128. The van der Waals surface area contributed by atoms with Gasteiger partial charge in [-0.1, -0.05) is 46.4 Å². The average Bonchev–Trinajstić information content (AvgIpc) is 3.03. The Morgan fingerprint density at radius 2 is 1.58 bits per heavy atom. The summed E-state index contributed by atoms with van der Waals surface area (Å²) in [7, 11) is 0. The van der Waals surface area contributed by atoms with Crippen LogP contribution in [0.5, 0.6) is 11.6 Å². The third kappa shape index (κ3) is 3.46. The van der Waals surface area contributed by atoms with Crippen LogP contribution in [0.15, 0.2) is 48.5 Å². The highest BCUT2D eigenvalue weighted by Crippen LogP contribution is 2.33. The number of rotatable bonds is 3. The molecule has 0 atom stereocenters. The van der Waals surface area contributed by atoms with Gasteiger partial charge in [0.25, 0.3) is 0 Å². The number of nitrogens with zero attached hydrogens (tertiary/aromatic N) is 2. The van der Waals surface area contributed by atoms with Crippen molar-refractivity contribution in [3.63, 3.8) is 0 Å². The molecule has 1 N–H and O–H groups in total. The first-order chi connectivity index (χ1) is 12.5. The first kappa shape index (κ1) is 17.4. The maximum absolute atomic E-state index is 6.08. The van der Waals surface area contributed by atoms with Crippen molar-refractivity contribution in [1.82, 2.24) is 15.0 Å². The molecule has 8 heteroatoms. The van der Waals surface area contributed by atoms with E-state index >= 15 is 0 Å². The van der Waals surface area contributed by atoms with Gasteiger partial charge in [0.1, 0.15) is 16.6 Å². The molecular formula is C18H9Cl4N3O. The molecule has 0 saturated carbocycles. The molecule has 2 aromatic heterocycles. The third-order valence-corrected chi connectivity index (χ3v) is 4.82. The zero-order chi connectivity index (χ0) is 18.3. The number of ether oxygens (including phenoxy) is 1. The normalized spacial score (nSPS) is 11.1. The number of hydrogen-bond acceptors (Lipinski definition) is 3. The van der Waals surface area contributed by atoms with Crippen molar-refractivity contribution in [1.29, 1.82) is 0 Å². The lowest BCUT2D eigenvalue weighted by molar-refractivity contribution is 0.463. The fraction of sp³-hybridized carbons (Fsp3) is 0. The van der Waals surface area contributed by atoms with Crippen LogP contribution in [0.3, 0.4) is 0 Å². The molecule has 4 aromatic rings. The van der Waals surface area contributed by atoms with Gasteiger partial charge in [0.2, 0.25) is 5.88 Å². The average molecular weight is 425 g/mol. The first-order valence-corrected chi connectivity index (χ1v) is 8.96. The molecule has 26 heavy (non-hydrogen) atoms. The van der Waals surface area contributed by atoms with Gasteiger partial charge < -0.3 is 9.72 Å². The van der Waals surface area contributed by atoms with Crippen LogP contribution >= 0.6 is 46.4 Å². The molecule has 2 heterocycles. The second kappa shape index (κ2) is 6.97. The molecule has 0 amide bonds. The Labute approximate surface area is 168 Å². The quantitative estimate of drug-likeness (QED) is 0.359. The molecule has 0 saturated heterocycles. The molecule has 2 aromatic carbocycles. The third-order valence-electron chi connectivity index (χ3n) is 3.64. The van der Waals surface area contributed by atoms with Gasteiger partial charge in [0.15, 0.2) is 5.15 Å². The van der Waals surface area contributed by atoms with Gasteiger partial charge >= 0.3 is 0 Å². The van der Waals surface area contributed by atoms with Crippen LogP contribution in [0.1, 0.15) is 0 Å². The van der Waals surface area contributed by atoms with Crippen LogP contribution in [-0.4, -0.2) is 15.0 Å². The lowest BCUT2D eigenvalue weighted by Gasteiger charge is -2.08. The number of aromatic nitrogens is 3. The number of fused-ring (bicyclic) bond motifs is 1. The lowest BCUT2D eigenvalue weighted by Crippen LogP contribution is -1.90. The number of hydrogen-bond donors (Lipinski definition) is 1. The fourth-order valence-electron chi connectivity index (χ4n) is 2.41. The molecule has 0 aliphatic heterocycles. The minimum atomic E-state index is 0.128. The molecule has 0 aliphatic rings. The van der Waals surface area contributed by atoms with Crippen molar-refractivity contribution >= 4 is 57.4 Å². The maximum atomic E-state index is 6.08. The Kier molecular flexibility index (Phi) is 4.67. The minimum Gasteiger partial charge on any atom is -0.437 e. The van der Waals surface area contributed by atoms with E-state index in [4.69, 9.17) is 51.1 Å². The molecule has 0 aliphatic carbocycles. The summed E-state index contributed by atoms with van der Waals surface area (Å²) in [5.41, 5.74) is 2.62. The van der Waals surface area contributed by atoms with E-state index in [-0.39, 0.29) is 21.1 Å². The second-order valence-corrected chi connectivity index (χ2v) is 7.03. The van der Waals surface area contributed by atoms with E-state index in [0.29, 0.717) is 10.8 Å². The Bertz CT molecular complexity index is 1110. The number of nitrogens with one attached hydrogen (secondary N) is 1. The summed E-state index contributed by atoms with van der Waals surface area (Å²) < 4.78 is 5.68. The highest BCUT2D eigenvalue weighted by atomic mass is 35.5. The van der Waals surface area contributed by atoms with E-state index in [1.54, 1.807) is 18.2 Å². The van der Waals surface area contributed by atoms with Crippen molar-refractivity contribution in [2.75, 3.05) is 0 Å². The summed E-state index contributed by atoms with van der Waals surface area (Å²) in [6.45, 7) is 0. The molecular weight excluding hydrogens is 416 g/mol. The van der Waals surface area contributed by atoms with Gasteiger partial charge in [0, 0.05) is 10.6 Å². The molecule has 4 nitrogen and oxygen atoms in total. The van der Waals surface area contributed by atoms with Gasteiger partial charge in [-0.2, -0.15) is 4.98 Å². The van der Waals surface area contributed by atoms with Crippen molar-refractivity contribution in [2.24, 2.45) is 0 Å². The molecule has 0 unspecified atom stereocenters. The second-order valence-electron chi connectivity index (χ2n) is 5.42. The Balaban J connectivity index is 1.61. The van der Waals surface area contributed by atoms with Crippen LogP contribution in [-0.2, 0) is 0 Å². The van der Waals surface area contributed by atoms with E-state index in [1.165, 1.54) is 6.07 Å². The summed E-state index contributed by atoms with van der Waals surface area (Å²) in [6, 6.07) is 14.3. The summed E-state index contributed by atoms with van der Waals surface area (Å²) in [5, 5.41) is 1.33. The molecule has 4 rings (SSSR count). The topological polar surface area (TPSA) is 50.8 Å². The van der Waals surface area contributed by atoms with Crippen molar-refractivity contribution < 1.29 is 4.74 Å². The van der Waals surface area contributed by atoms with Gasteiger partial charge in [-0.05, 0) is 48.5 Å². The highest BCUT2D eigenvalue weighted by molar-refractivity contribution is 6.42. The lowest BCUT2D eigenvalue weighted by atomic mass is 10.2. The summed E-state index contributed by atoms with van der Waals surface area (Å²) in [5.74, 6) is 1.48. The first-order valence-electron chi connectivity index (χ1n) is 7.45. The monoisotopic (exact) mass is 423 g/mol. The van der Waals surface area contributed by atoms with Crippen LogP contribution in [0.4, 0.5) is 0 Å². The molecule has 0 radical (unpaired) electrons. The number of pyridine rings is 1. The fourth-order valence-corrected chi connectivity index (χ4v) is 3.11. The van der Waals surface area contributed by atoms with Crippen molar-refractivity contribution in [3.05, 3.63) is 68.8 Å². The summed E-state index contributed by atoms with van der Waals surface area (Å²) >= 11 is 23.9. The Morgan fingerprint density at radius 3 is 2.35 bits per heavy atom. The molecule has 130 valence electrons. The van der Waals surface area contributed by atoms with Gasteiger partial charge in [-0.25, -0.2) is 4.98 Å². The number of halogens is 4. The van der Waals surface area contributed by atoms with Crippen LogP contribution in [0.2, 0.25) is 20.2 Å². The van der Waals surface area contributed by atoms with Crippen LogP contribution in [0, 0.1) is 0 Å². The number of imidazole rings is 1.